The summed E-state index contributed by atoms with van der Waals surface area (Å²) in [6.45, 7) is 0. The molecule has 0 unspecified atom stereocenters. The van der Waals surface area contributed by atoms with Gasteiger partial charge >= 0.3 is 0 Å². The molecule has 0 aliphatic rings. The lowest BCUT2D eigenvalue weighted by atomic mass is 9.96. The molecule has 4 nitrogen and oxygen atoms in total. The number of rotatable bonds is 4. The molecule has 0 bridgehead atoms. The summed E-state index contributed by atoms with van der Waals surface area (Å²) in [7, 11) is 0. The van der Waals surface area contributed by atoms with Crippen molar-refractivity contribution >= 4 is 43.5 Å². The number of nitrogens with zero attached hydrogens (tertiary/aromatic N) is 3. The molecule has 0 aliphatic carbocycles. The molecule has 0 atom stereocenters. The van der Waals surface area contributed by atoms with Gasteiger partial charge in [0.15, 0.2) is 17.5 Å². The van der Waals surface area contributed by atoms with Gasteiger partial charge in [-0.3, -0.25) is 0 Å². The van der Waals surface area contributed by atoms with Crippen LogP contribution in [0.2, 0.25) is 0 Å². The van der Waals surface area contributed by atoms with E-state index in [1.54, 1.807) is 0 Å². The molecule has 0 aliphatic heterocycles. The highest BCUT2D eigenvalue weighted by Crippen LogP contribution is 2.36. The van der Waals surface area contributed by atoms with Crippen molar-refractivity contribution in [2.45, 2.75) is 0 Å². The van der Waals surface area contributed by atoms with Crippen molar-refractivity contribution in [3.63, 3.8) is 0 Å². The van der Waals surface area contributed by atoms with E-state index in [9.17, 15) is 0 Å². The Morgan fingerprint density at radius 1 is 0.356 bits per heavy atom. The maximum atomic E-state index is 6.36. The summed E-state index contributed by atoms with van der Waals surface area (Å²) in [5.74, 6) is 1.82. The maximum absolute atomic E-state index is 6.36. The largest absolute Gasteiger partial charge is 0.455 e. The van der Waals surface area contributed by atoms with Crippen molar-refractivity contribution in [3.05, 3.63) is 152 Å². The monoisotopic (exact) mass is 575 g/mol. The van der Waals surface area contributed by atoms with Crippen molar-refractivity contribution in [1.82, 2.24) is 15.0 Å². The van der Waals surface area contributed by atoms with E-state index in [0.29, 0.717) is 17.5 Å². The Hall–Kier alpha value is -6.13. The van der Waals surface area contributed by atoms with Crippen molar-refractivity contribution in [2.24, 2.45) is 0 Å². The molecule has 9 aromatic rings. The molecule has 0 N–H and O–H groups in total. The van der Waals surface area contributed by atoms with Crippen LogP contribution in [0.1, 0.15) is 0 Å². The zero-order chi connectivity index (χ0) is 29.7. The minimum atomic E-state index is 0.579. The highest BCUT2D eigenvalue weighted by molar-refractivity contribution is 6.09. The number of benzene rings is 7. The lowest BCUT2D eigenvalue weighted by Gasteiger charge is -2.11. The normalized spacial score (nSPS) is 11.6. The lowest BCUT2D eigenvalue weighted by Crippen LogP contribution is -2.00. The SMILES string of the molecule is c1ccc(-c2nc(-c3ccc4cc(-c5cccc6ccccc56)ccc4c3)nc(-c3cccc4c3oc3ccccc34)n2)cc1. The van der Waals surface area contributed by atoms with Crippen LogP contribution >= 0.6 is 0 Å². The lowest BCUT2D eigenvalue weighted by molar-refractivity contribution is 0.669. The average Bonchev–Trinajstić information content (AvgIpc) is 3.50. The van der Waals surface area contributed by atoms with E-state index in [-0.39, 0.29) is 0 Å². The van der Waals surface area contributed by atoms with Crippen LogP contribution in [0.5, 0.6) is 0 Å². The molecule has 4 heteroatoms. The Morgan fingerprint density at radius 2 is 0.956 bits per heavy atom. The maximum Gasteiger partial charge on any atom is 0.167 e. The van der Waals surface area contributed by atoms with Gasteiger partial charge in [0, 0.05) is 21.9 Å². The molecule has 0 saturated carbocycles. The van der Waals surface area contributed by atoms with E-state index in [1.165, 1.54) is 21.9 Å². The van der Waals surface area contributed by atoms with Gasteiger partial charge in [-0.25, -0.2) is 15.0 Å². The fourth-order valence-corrected chi connectivity index (χ4v) is 6.29. The van der Waals surface area contributed by atoms with Gasteiger partial charge in [0.05, 0.1) is 5.56 Å². The van der Waals surface area contributed by atoms with Gasteiger partial charge in [-0.05, 0) is 56.9 Å². The molecule has 0 saturated heterocycles. The summed E-state index contributed by atoms with van der Waals surface area (Å²) in [6.07, 6.45) is 0. The molecule has 2 heterocycles. The van der Waals surface area contributed by atoms with Crippen LogP contribution in [-0.2, 0) is 0 Å². The second-order valence-corrected chi connectivity index (χ2v) is 11.3. The van der Waals surface area contributed by atoms with E-state index in [0.717, 1.165) is 49.4 Å². The van der Waals surface area contributed by atoms with E-state index in [4.69, 9.17) is 19.4 Å². The van der Waals surface area contributed by atoms with Crippen molar-refractivity contribution < 1.29 is 4.42 Å². The molecule has 0 spiro atoms. The Labute approximate surface area is 259 Å². The summed E-state index contributed by atoms with van der Waals surface area (Å²) >= 11 is 0. The third kappa shape index (κ3) is 4.35. The number of hydrogen-bond acceptors (Lipinski definition) is 4. The zero-order valence-electron chi connectivity index (χ0n) is 24.2. The molecule has 0 amide bonds. The van der Waals surface area contributed by atoms with E-state index < -0.39 is 0 Å². The third-order valence-corrected chi connectivity index (χ3v) is 8.51. The molecule has 0 fully saturated rings. The molecule has 2 aromatic heterocycles. The van der Waals surface area contributed by atoms with Crippen LogP contribution in [0.25, 0.3) is 88.8 Å². The summed E-state index contributed by atoms with van der Waals surface area (Å²) in [5.41, 5.74) is 6.74. The van der Waals surface area contributed by atoms with Crippen LogP contribution < -0.4 is 0 Å². The highest BCUT2D eigenvalue weighted by atomic mass is 16.3. The van der Waals surface area contributed by atoms with Gasteiger partial charge in [0.2, 0.25) is 0 Å². The Kier molecular flexibility index (Phi) is 5.78. The van der Waals surface area contributed by atoms with Gasteiger partial charge in [0.1, 0.15) is 11.2 Å². The Morgan fingerprint density at radius 3 is 1.82 bits per heavy atom. The third-order valence-electron chi connectivity index (χ3n) is 8.51. The van der Waals surface area contributed by atoms with Gasteiger partial charge < -0.3 is 4.42 Å². The van der Waals surface area contributed by atoms with Gasteiger partial charge in [0.25, 0.3) is 0 Å². The number of para-hydroxylation sites is 2. The Balaban J connectivity index is 1.20. The van der Waals surface area contributed by atoms with Crippen LogP contribution in [0, 0.1) is 0 Å². The first-order valence-corrected chi connectivity index (χ1v) is 15.0. The molecule has 45 heavy (non-hydrogen) atoms. The van der Waals surface area contributed by atoms with Crippen LogP contribution in [0.4, 0.5) is 0 Å². The minimum absolute atomic E-state index is 0.579. The van der Waals surface area contributed by atoms with E-state index in [1.807, 2.05) is 60.7 Å². The summed E-state index contributed by atoms with van der Waals surface area (Å²) in [6, 6.07) is 52.4. The first kappa shape index (κ1) is 25.4. The highest BCUT2D eigenvalue weighted by Gasteiger charge is 2.18. The topological polar surface area (TPSA) is 51.8 Å². The predicted molar refractivity (Wildman–Crippen MR) is 184 cm³/mol. The predicted octanol–water partition coefficient (Wildman–Crippen LogP) is 10.7. The fourth-order valence-electron chi connectivity index (χ4n) is 6.29. The van der Waals surface area contributed by atoms with E-state index in [2.05, 4.69) is 91.0 Å². The summed E-state index contributed by atoms with van der Waals surface area (Å²) < 4.78 is 6.36. The van der Waals surface area contributed by atoms with Crippen molar-refractivity contribution in [2.75, 3.05) is 0 Å². The quantitative estimate of drug-likeness (QED) is 0.209. The van der Waals surface area contributed by atoms with Crippen molar-refractivity contribution in [1.29, 1.82) is 0 Å². The van der Waals surface area contributed by atoms with Gasteiger partial charge in [-0.15, -0.1) is 0 Å². The number of hydrogen-bond donors (Lipinski definition) is 0. The van der Waals surface area contributed by atoms with Gasteiger partial charge in [-0.2, -0.15) is 0 Å². The van der Waals surface area contributed by atoms with Crippen LogP contribution in [0.3, 0.4) is 0 Å². The molecule has 9 rings (SSSR count). The number of fused-ring (bicyclic) bond motifs is 5. The summed E-state index contributed by atoms with van der Waals surface area (Å²) in [4.78, 5) is 15.0. The Bertz CT molecular complexity index is 2540. The zero-order valence-corrected chi connectivity index (χ0v) is 24.2. The second kappa shape index (κ2) is 10.2. The summed E-state index contributed by atoms with van der Waals surface area (Å²) in [5, 5.41) is 6.89. The smallest absolute Gasteiger partial charge is 0.167 e. The number of furan rings is 1. The van der Waals surface area contributed by atoms with Crippen LogP contribution in [0.15, 0.2) is 156 Å². The van der Waals surface area contributed by atoms with Crippen molar-refractivity contribution in [3.8, 4) is 45.3 Å². The van der Waals surface area contributed by atoms with E-state index >= 15 is 0 Å². The standard InChI is InChI=1S/C41H25N3O/c1-2-11-27(12-3-1)39-42-40(44-41(43-39)36-18-9-17-35-34-15-6-7-19-37(34)45-38(35)36)31-23-21-28-24-30(22-20-29(28)25-31)33-16-8-13-26-10-4-5-14-32(26)33/h1-25H. The van der Waals surface area contributed by atoms with Gasteiger partial charge in [-0.1, -0.05) is 127 Å². The average molecular weight is 576 g/mol. The molecular weight excluding hydrogens is 550 g/mol. The first-order valence-electron chi connectivity index (χ1n) is 15.0. The molecule has 0 radical (unpaired) electrons. The van der Waals surface area contributed by atoms with Crippen LogP contribution in [-0.4, -0.2) is 15.0 Å². The molecule has 210 valence electrons. The second-order valence-electron chi connectivity index (χ2n) is 11.3. The minimum Gasteiger partial charge on any atom is -0.455 e. The molecule has 7 aromatic carbocycles. The first-order chi connectivity index (χ1) is 22.3. The molecular formula is C41H25N3O. The fraction of sp³-hybridized carbons (Fsp3) is 0. The number of aromatic nitrogens is 3.